The molecule has 0 aliphatic rings. The highest BCUT2D eigenvalue weighted by molar-refractivity contribution is 7.99. The van der Waals surface area contributed by atoms with E-state index in [2.05, 4.69) is 13.8 Å². The second-order valence-corrected chi connectivity index (χ2v) is 9.26. The Morgan fingerprint density at radius 2 is 1.82 bits per heavy atom. The van der Waals surface area contributed by atoms with E-state index in [4.69, 9.17) is 9.40 Å². The summed E-state index contributed by atoms with van der Waals surface area (Å²) in [7, 11) is 1.75. The first-order valence-electron chi connectivity index (χ1n) is 10.9. The summed E-state index contributed by atoms with van der Waals surface area (Å²) in [4.78, 5) is 32.8. The smallest absolute Gasteiger partial charge is 0.266 e. The van der Waals surface area contributed by atoms with Crippen LogP contribution in [0.15, 0.2) is 75.0 Å². The van der Waals surface area contributed by atoms with Crippen LogP contribution in [0.4, 0.5) is 0 Å². The Kier molecular flexibility index (Phi) is 6.70. The molecule has 2 aromatic heterocycles. The molecule has 0 spiro atoms. The molecule has 0 saturated carbocycles. The van der Waals surface area contributed by atoms with Gasteiger partial charge in [0.1, 0.15) is 11.5 Å². The number of carbonyl (C=O) groups is 1. The zero-order chi connectivity index (χ0) is 23.5. The SMILES string of the molecule is Cc1ccc(CN(C)C(=O)CSc2nc3ccccc3c(=O)n2-c2ccccc2C(C)C)o1. The number of carbonyl (C=O) groups excluding carboxylic acids is 1. The number of thioether (sulfide) groups is 1. The number of aryl methyl sites for hydroxylation is 1. The van der Waals surface area contributed by atoms with Crippen molar-refractivity contribution in [3.05, 3.63) is 88.1 Å². The topological polar surface area (TPSA) is 68.3 Å². The standard InChI is InChI=1S/C26H27N3O3S/c1-17(2)20-9-6-8-12-23(20)29-25(31)21-10-5-7-11-22(21)27-26(29)33-16-24(30)28(4)15-19-14-13-18(3)32-19/h5-14,17H,15-16H2,1-4H3. The van der Waals surface area contributed by atoms with E-state index < -0.39 is 0 Å². The Balaban J connectivity index is 1.69. The number of hydrogen-bond donors (Lipinski definition) is 0. The first kappa shape index (κ1) is 22.9. The molecule has 0 fully saturated rings. The molecule has 0 aliphatic heterocycles. The van der Waals surface area contributed by atoms with Gasteiger partial charge >= 0.3 is 0 Å². The van der Waals surface area contributed by atoms with Gasteiger partial charge in [-0.05, 0) is 48.7 Å². The maximum Gasteiger partial charge on any atom is 0.266 e. The van der Waals surface area contributed by atoms with Gasteiger partial charge in [0.05, 0.1) is 28.9 Å². The van der Waals surface area contributed by atoms with E-state index in [-0.39, 0.29) is 23.1 Å². The van der Waals surface area contributed by atoms with Gasteiger partial charge in [-0.15, -0.1) is 0 Å². The summed E-state index contributed by atoms with van der Waals surface area (Å²) >= 11 is 1.27. The summed E-state index contributed by atoms with van der Waals surface area (Å²) in [5.41, 5.74) is 2.33. The fraction of sp³-hybridized carbons (Fsp3) is 0.269. The number of benzene rings is 2. The average molecular weight is 462 g/mol. The van der Waals surface area contributed by atoms with Crippen molar-refractivity contribution in [2.75, 3.05) is 12.8 Å². The highest BCUT2D eigenvalue weighted by atomic mass is 32.2. The van der Waals surface area contributed by atoms with Gasteiger partial charge < -0.3 is 9.32 Å². The van der Waals surface area contributed by atoms with Gasteiger partial charge in [-0.3, -0.25) is 14.2 Å². The Labute approximate surface area is 197 Å². The van der Waals surface area contributed by atoms with E-state index in [9.17, 15) is 9.59 Å². The molecule has 2 heterocycles. The van der Waals surface area contributed by atoms with Crippen molar-refractivity contribution in [1.82, 2.24) is 14.5 Å². The molecule has 0 unspecified atom stereocenters. The van der Waals surface area contributed by atoms with Crippen molar-refractivity contribution >= 4 is 28.6 Å². The predicted molar refractivity (Wildman–Crippen MR) is 132 cm³/mol. The summed E-state index contributed by atoms with van der Waals surface area (Å²) in [5, 5.41) is 1.06. The number of para-hydroxylation sites is 2. The zero-order valence-electron chi connectivity index (χ0n) is 19.2. The van der Waals surface area contributed by atoms with E-state index in [0.717, 1.165) is 22.8 Å². The van der Waals surface area contributed by atoms with E-state index in [0.29, 0.717) is 22.6 Å². The average Bonchev–Trinajstić information content (AvgIpc) is 3.21. The van der Waals surface area contributed by atoms with E-state index in [1.54, 1.807) is 22.6 Å². The minimum atomic E-state index is -0.136. The van der Waals surface area contributed by atoms with Gasteiger partial charge in [0, 0.05) is 7.05 Å². The van der Waals surface area contributed by atoms with Crippen molar-refractivity contribution in [3.8, 4) is 5.69 Å². The Hall–Kier alpha value is -3.32. The minimum absolute atomic E-state index is 0.0693. The lowest BCUT2D eigenvalue weighted by Gasteiger charge is -2.19. The monoisotopic (exact) mass is 461 g/mol. The number of amides is 1. The molecule has 0 radical (unpaired) electrons. The van der Waals surface area contributed by atoms with Gasteiger partial charge in [0.25, 0.3) is 5.56 Å². The molecule has 33 heavy (non-hydrogen) atoms. The van der Waals surface area contributed by atoms with Gasteiger partial charge in [-0.1, -0.05) is 55.9 Å². The van der Waals surface area contributed by atoms with Crippen LogP contribution >= 0.6 is 11.8 Å². The second-order valence-electron chi connectivity index (χ2n) is 8.32. The zero-order valence-corrected chi connectivity index (χ0v) is 20.1. The first-order valence-corrected chi connectivity index (χ1v) is 11.9. The van der Waals surface area contributed by atoms with Crippen LogP contribution in [-0.2, 0) is 11.3 Å². The van der Waals surface area contributed by atoms with Crippen molar-refractivity contribution in [2.45, 2.75) is 38.4 Å². The number of nitrogens with zero attached hydrogens (tertiary/aromatic N) is 3. The highest BCUT2D eigenvalue weighted by Crippen LogP contribution is 2.27. The van der Waals surface area contributed by atoms with Crippen LogP contribution in [0.25, 0.3) is 16.6 Å². The van der Waals surface area contributed by atoms with E-state index in [1.807, 2.05) is 61.5 Å². The third-order valence-corrected chi connectivity index (χ3v) is 6.41. The van der Waals surface area contributed by atoms with E-state index in [1.165, 1.54) is 11.8 Å². The Morgan fingerprint density at radius 3 is 2.55 bits per heavy atom. The molecular weight excluding hydrogens is 434 g/mol. The van der Waals surface area contributed by atoms with Crippen LogP contribution in [0, 0.1) is 6.92 Å². The predicted octanol–water partition coefficient (Wildman–Crippen LogP) is 5.16. The Bertz CT molecular complexity index is 1360. The molecule has 0 aliphatic carbocycles. The lowest BCUT2D eigenvalue weighted by molar-refractivity contribution is -0.127. The summed E-state index contributed by atoms with van der Waals surface area (Å²) in [5.74, 6) is 1.86. The summed E-state index contributed by atoms with van der Waals surface area (Å²) < 4.78 is 7.23. The molecule has 1 amide bonds. The number of fused-ring (bicyclic) bond motifs is 1. The Morgan fingerprint density at radius 1 is 1.09 bits per heavy atom. The number of furan rings is 1. The number of aromatic nitrogens is 2. The highest BCUT2D eigenvalue weighted by Gasteiger charge is 2.19. The van der Waals surface area contributed by atoms with Gasteiger partial charge in [-0.2, -0.15) is 0 Å². The largest absolute Gasteiger partial charge is 0.464 e. The first-order chi connectivity index (χ1) is 15.8. The maximum absolute atomic E-state index is 13.5. The molecule has 0 N–H and O–H groups in total. The van der Waals surface area contributed by atoms with Gasteiger partial charge in [0.2, 0.25) is 5.91 Å². The maximum atomic E-state index is 13.5. The fourth-order valence-corrected chi connectivity index (χ4v) is 4.68. The minimum Gasteiger partial charge on any atom is -0.464 e. The van der Waals surface area contributed by atoms with Gasteiger partial charge in [-0.25, -0.2) is 4.98 Å². The van der Waals surface area contributed by atoms with Crippen LogP contribution in [0.2, 0.25) is 0 Å². The molecule has 0 saturated heterocycles. The lowest BCUT2D eigenvalue weighted by atomic mass is 10.0. The summed E-state index contributed by atoms with van der Waals surface area (Å²) in [6.45, 7) is 6.46. The quantitative estimate of drug-likeness (QED) is 0.281. The van der Waals surface area contributed by atoms with Crippen molar-refractivity contribution in [1.29, 1.82) is 0 Å². The number of rotatable bonds is 7. The van der Waals surface area contributed by atoms with E-state index >= 15 is 0 Å². The molecule has 4 rings (SSSR count). The van der Waals surface area contributed by atoms with Crippen molar-refractivity contribution in [2.24, 2.45) is 0 Å². The van der Waals surface area contributed by atoms with Crippen LogP contribution in [0.3, 0.4) is 0 Å². The third kappa shape index (κ3) is 4.88. The van der Waals surface area contributed by atoms with Gasteiger partial charge in [0.15, 0.2) is 5.16 Å². The molecule has 170 valence electrons. The summed E-state index contributed by atoms with van der Waals surface area (Å²) in [6, 6.07) is 18.9. The second kappa shape index (κ2) is 9.67. The van der Waals surface area contributed by atoms with Crippen molar-refractivity contribution in [3.63, 3.8) is 0 Å². The molecule has 0 bridgehead atoms. The molecule has 0 atom stereocenters. The molecule has 2 aromatic carbocycles. The van der Waals surface area contributed by atoms with Crippen LogP contribution in [0.5, 0.6) is 0 Å². The molecule has 7 heteroatoms. The normalized spacial score (nSPS) is 11.3. The lowest BCUT2D eigenvalue weighted by Crippen LogP contribution is -2.28. The third-order valence-electron chi connectivity index (χ3n) is 5.48. The summed E-state index contributed by atoms with van der Waals surface area (Å²) in [6.07, 6.45) is 0. The van der Waals surface area contributed by atoms with Crippen molar-refractivity contribution < 1.29 is 9.21 Å². The van der Waals surface area contributed by atoms with Crippen LogP contribution < -0.4 is 5.56 Å². The van der Waals surface area contributed by atoms with Crippen LogP contribution in [-0.4, -0.2) is 33.2 Å². The van der Waals surface area contributed by atoms with Crippen LogP contribution in [0.1, 0.15) is 36.8 Å². The fourth-order valence-electron chi connectivity index (χ4n) is 3.73. The molecule has 6 nitrogen and oxygen atoms in total. The molecule has 4 aromatic rings. The number of hydrogen-bond acceptors (Lipinski definition) is 5. The molecular formula is C26H27N3O3S.